The molecule has 0 spiro atoms. The first-order chi connectivity index (χ1) is 18.5. The van der Waals surface area contributed by atoms with Crippen molar-refractivity contribution >= 4 is 24.9 Å². The average molecular weight is 619 g/mol. The van der Waals surface area contributed by atoms with Crippen LogP contribution in [0.25, 0.3) is 0 Å². The van der Waals surface area contributed by atoms with E-state index in [9.17, 15) is 0 Å². The van der Waals surface area contributed by atoms with Gasteiger partial charge in [0.2, 0.25) is 0 Å². The van der Waals surface area contributed by atoms with Crippen LogP contribution in [0.2, 0.25) is 0 Å². The summed E-state index contributed by atoms with van der Waals surface area (Å²) in [6.07, 6.45) is 30.2. The van der Waals surface area contributed by atoms with Crippen LogP contribution in [0.5, 0.6) is 0 Å². The van der Waals surface area contributed by atoms with Crippen LogP contribution in [-0.2, 0) is 10.4 Å². The largest absolute Gasteiger partial charge is 0.759 e. The molecular weight excluding hydrogens is 550 g/mol. The van der Waals surface area contributed by atoms with Crippen molar-refractivity contribution in [3.63, 3.8) is 0 Å². The standard InChI is InChI=1S/2C15H34OP.H2O4S/c2*1-4-7-12-17(13-8-5-2,14-9-6-3)15-10-11-16;1-5(2,3)4/h2*16H,4-15H2,1-3H3;(H2,1,2,3,4)/q2*+1;/p-2. The van der Waals surface area contributed by atoms with Crippen molar-refractivity contribution in [3.05, 3.63) is 0 Å². The highest BCUT2D eigenvalue weighted by molar-refractivity contribution is 7.79. The van der Waals surface area contributed by atoms with Crippen LogP contribution in [0, 0.1) is 0 Å². The van der Waals surface area contributed by atoms with Gasteiger partial charge < -0.3 is 19.3 Å². The van der Waals surface area contributed by atoms with E-state index in [0.29, 0.717) is 13.2 Å². The van der Waals surface area contributed by atoms with Gasteiger partial charge in [0.15, 0.2) is 0 Å². The molecule has 0 aliphatic carbocycles. The van der Waals surface area contributed by atoms with Crippen LogP contribution >= 0.6 is 14.5 Å². The van der Waals surface area contributed by atoms with Crippen LogP contribution in [-0.4, -0.2) is 90.2 Å². The van der Waals surface area contributed by atoms with Gasteiger partial charge in [0.05, 0.1) is 49.3 Å². The predicted octanol–water partition coefficient (Wildman–Crippen LogP) is 8.24. The molecule has 0 fully saturated rings. The molecule has 0 atom stereocenters. The second-order valence-electron chi connectivity index (χ2n) is 11.2. The summed E-state index contributed by atoms with van der Waals surface area (Å²) in [5.74, 6) is 0. The second-order valence-corrected chi connectivity index (χ2v) is 20.9. The van der Waals surface area contributed by atoms with Crippen molar-refractivity contribution in [3.8, 4) is 0 Å². The molecule has 0 bridgehead atoms. The fraction of sp³-hybridized carbons (Fsp3) is 1.00. The fourth-order valence-corrected chi connectivity index (χ4v) is 15.3. The van der Waals surface area contributed by atoms with E-state index in [4.69, 9.17) is 27.7 Å². The molecule has 0 saturated carbocycles. The lowest BCUT2D eigenvalue weighted by Crippen LogP contribution is -2.13. The number of hydrogen-bond donors (Lipinski definition) is 2. The van der Waals surface area contributed by atoms with Crippen LogP contribution < -0.4 is 0 Å². The summed E-state index contributed by atoms with van der Waals surface area (Å²) in [6.45, 7) is 14.6. The third-order valence-electron chi connectivity index (χ3n) is 7.50. The molecule has 9 heteroatoms. The van der Waals surface area contributed by atoms with Gasteiger partial charge in [-0.05, 0) is 38.5 Å². The first-order valence-electron chi connectivity index (χ1n) is 16.1. The number of aliphatic hydroxyl groups is 2. The zero-order valence-electron chi connectivity index (χ0n) is 26.8. The van der Waals surface area contributed by atoms with E-state index in [1.807, 2.05) is 0 Å². The molecule has 2 N–H and O–H groups in total. The van der Waals surface area contributed by atoms with Gasteiger partial charge in [-0.1, -0.05) is 80.1 Å². The van der Waals surface area contributed by atoms with Gasteiger partial charge in [0.25, 0.3) is 0 Å². The van der Waals surface area contributed by atoms with E-state index in [0.717, 1.165) is 12.8 Å². The Bertz CT molecular complexity index is 471. The highest BCUT2D eigenvalue weighted by atomic mass is 32.3. The minimum Gasteiger partial charge on any atom is -0.759 e. The highest BCUT2D eigenvalue weighted by Crippen LogP contribution is 2.61. The van der Waals surface area contributed by atoms with Gasteiger partial charge in [-0.3, -0.25) is 8.42 Å². The zero-order chi connectivity index (χ0) is 30.5. The summed E-state index contributed by atoms with van der Waals surface area (Å²) in [4.78, 5) is 0. The first-order valence-corrected chi connectivity index (χ1v) is 22.5. The summed E-state index contributed by atoms with van der Waals surface area (Å²) in [5, 5.41) is 18.2. The molecule has 0 radical (unpaired) electrons. The molecule has 0 aliphatic rings. The van der Waals surface area contributed by atoms with E-state index in [2.05, 4.69) is 41.5 Å². The Kier molecular flexibility index (Phi) is 34.1. The predicted molar refractivity (Wildman–Crippen MR) is 176 cm³/mol. The molecule has 0 aromatic rings. The first kappa shape index (κ1) is 44.1. The maximum Gasteiger partial charge on any atom is 0.0616 e. The molecule has 0 aliphatic heterocycles. The lowest BCUT2D eigenvalue weighted by atomic mass is 10.4. The summed E-state index contributed by atoms with van der Waals surface area (Å²) in [7, 11) is -6.61. The quantitative estimate of drug-likeness (QED) is 0.0638. The minimum atomic E-state index is -5.17. The Labute approximate surface area is 246 Å². The lowest BCUT2D eigenvalue weighted by molar-refractivity contribution is 0.295. The fourth-order valence-electron chi connectivity index (χ4n) is 5.12. The van der Waals surface area contributed by atoms with Crippen molar-refractivity contribution in [2.45, 2.75) is 131 Å². The zero-order valence-corrected chi connectivity index (χ0v) is 29.4. The van der Waals surface area contributed by atoms with Crippen LogP contribution in [0.1, 0.15) is 131 Å². The molecule has 240 valence electrons. The Hall–Kier alpha value is 0.650. The lowest BCUT2D eigenvalue weighted by Gasteiger charge is -2.27. The molecule has 0 amide bonds. The number of rotatable bonds is 24. The van der Waals surface area contributed by atoms with Crippen molar-refractivity contribution in [2.24, 2.45) is 0 Å². The second kappa shape index (κ2) is 30.1. The summed E-state index contributed by atoms with van der Waals surface area (Å²) < 4.78 is 34.1. The Balaban J connectivity index is -0.000000566. The molecule has 0 rings (SSSR count). The van der Waals surface area contributed by atoms with Crippen LogP contribution in [0.15, 0.2) is 0 Å². The SMILES string of the molecule is CCCC[P+](CCCC)(CCCC)CCCO.CCCC[P+](CCCC)(CCCC)CCCO.O=S(=O)([O-])[O-]. The van der Waals surface area contributed by atoms with Gasteiger partial charge in [-0.15, -0.1) is 0 Å². The van der Waals surface area contributed by atoms with Crippen molar-refractivity contribution in [2.75, 3.05) is 62.5 Å². The normalized spacial score (nSPS) is 11.9. The number of hydrogen-bond acceptors (Lipinski definition) is 6. The molecule has 0 aromatic carbocycles. The molecule has 0 aromatic heterocycles. The molecule has 6 nitrogen and oxygen atoms in total. The molecule has 39 heavy (non-hydrogen) atoms. The van der Waals surface area contributed by atoms with Gasteiger partial charge >= 0.3 is 0 Å². The molecular formula is C30H68O6P2S. The Morgan fingerprint density at radius 1 is 0.436 bits per heavy atom. The van der Waals surface area contributed by atoms with Gasteiger partial charge in [0.1, 0.15) is 0 Å². The Morgan fingerprint density at radius 2 is 0.590 bits per heavy atom. The topological polar surface area (TPSA) is 121 Å². The maximum absolute atomic E-state index is 9.12. The van der Waals surface area contributed by atoms with Gasteiger partial charge in [-0.2, -0.15) is 0 Å². The molecule has 0 unspecified atom stereocenters. The van der Waals surface area contributed by atoms with Gasteiger partial charge in [-0.25, -0.2) is 0 Å². The maximum atomic E-state index is 9.12. The van der Waals surface area contributed by atoms with Gasteiger partial charge in [0, 0.05) is 51.0 Å². The van der Waals surface area contributed by atoms with Crippen molar-refractivity contribution in [1.82, 2.24) is 0 Å². The van der Waals surface area contributed by atoms with E-state index in [1.165, 1.54) is 126 Å². The average Bonchev–Trinajstić information content (AvgIpc) is 2.91. The van der Waals surface area contributed by atoms with E-state index in [-0.39, 0.29) is 0 Å². The number of unbranched alkanes of at least 4 members (excludes halogenated alkanes) is 6. The Morgan fingerprint density at radius 3 is 0.718 bits per heavy atom. The monoisotopic (exact) mass is 618 g/mol. The van der Waals surface area contributed by atoms with E-state index >= 15 is 0 Å². The minimum absolute atomic E-state index is 0.395. The van der Waals surface area contributed by atoms with Crippen LogP contribution in [0.4, 0.5) is 0 Å². The van der Waals surface area contributed by atoms with E-state index in [1.54, 1.807) is 0 Å². The van der Waals surface area contributed by atoms with Crippen molar-refractivity contribution < 1.29 is 27.7 Å². The summed E-state index contributed by atoms with van der Waals surface area (Å²) >= 11 is 0. The van der Waals surface area contributed by atoms with Crippen molar-refractivity contribution in [1.29, 1.82) is 0 Å². The third kappa shape index (κ3) is 31.4. The highest BCUT2D eigenvalue weighted by Gasteiger charge is 2.35. The van der Waals surface area contributed by atoms with E-state index < -0.39 is 24.9 Å². The molecule has 0 saturated heterocycles. The number of aliphatic hydroxyl groups excluding tert-OH is 2. The summed E-state index contributed by atoms with van der Waals surface area (Å²) in [5.41, 5.74) is 0. The smallest absolute Gasteiger partial charge is 0.0616 e. The molecule has 0 heterocycles. The van der Waals surface area contributed by atoms with Crippen LogP contribution in [0.3, 0.4) is 0 Å². The third-order valence-corrected chi connectivity index (χ3v) is 17.6. The summed E-state index contributed by atoms with van der Waals surface area (Å²) in [6, 6.07) is 0.